The van der Waals surface area contributed by atoms with Crippen molar-refractivity contribution in [3.8, 4) is 11.1 Å². The average Bonchev–Trinajstić information content (AvgIpc) is 2.36. The van der Waals surface area contributed by atoms with Gasteiger partial charge in [0.15, 0.2) is 0 Å². The number of hydrogen-bond donors (Lipinski definition) is 1. The lowest BCUT2D eigenvalue weighted by atomic mass is 9.97. The summed E-state index contributed by atoms with van der Waals surface area (Å²) < 4.78 is 37.9. The smallest absolute Gasteiger partial charge is 0.416 e. The zero-order valence-electron chi connectivity index (χ0n) is 10.8. The van der Waals surface area contributed by atoms with Gasteiger partial charge in [-0.05, 0) is 53.9 Å². The van der Waals surface area contributed by atoms with E-state index in [0.29, 0.717) is 16.7 Å². The number of halogens is 4. The lowest BCUT2D eigenvalue weighted by Crippen LogP contribution is -2.05. The largest absolute Gasteiger partial charge is 0.478 e. The first-order valence-electron chi connectivity index (χ1n) is 5.90. The summed E-state index contributed by atoms with van der Waals surface area (Å²) in [7, 11) is 0. The highest BCUT2D eigenvalue weighted by Crippen LogP contribution is 2.34. The van der Waals surface area contributed by atoms with Crippen LogP contribution in [0, 0.1) is 6.92 Å². The summed E-state index contributed by atoms with van der Waals surface area (Å²) >= 11 is 5.86. The molecule has 6 heteroatoms. The second kappa shape index (κ2) is 5.41. The topological polar surface area (TPSA) is 37.3 Å². The Kier molecular flexibility index (Phi) is 3.96. The summed E-state index contributed by atoms with van der Waals surface area (Å²) in [5.41, 5.74) is 0.601. The zero-order valence-corrected chi connectivity index (χ0v) is 11.6. The van der Waals surface area contributed by atoms with Crippen molar-refractivity contribution in [3.63, 3.8) is 0 Å². The van der Waals surface area contributed by atoms with Crippen molar-refractivity contribution < 1.29 is 23.1 Å². The van der Waals surface area contributed by atoms with Crippen molar-refractivity contribution in [2.75, 3.05) is 0 Å². The normalized spacial score (nSPS) is 11.5. The van der Waals surface area contributed by atoms with Crippen molar-refractivity contribution in [2.24, 2.45) is 0 Å². The molecule has 0 aliphatic carbocycles. The maximum Gasteiger partial charge on any atom is 0.416 e. The molecular formula is C15H10ClF3O2. The Morgan fingerprint density at radius 1 is 1.14 bits per heavy atom. The fraction of sp³-hybridized carbons (Fsp3) is 0.133. The van der Waals surface area contributed by atoms with Gasteiger partial charge in [-0.3, -0.25) is 0 Å². The quantitative estimate of drug-likeness (QED) is 0.844. The minimum atomic E-state index is -4.41. The van der Waals surface area contributed by atoms with Crippen molar-refractivity contribution in [1.82, 2.24) is 0 Å². The fourth-order valence-corrected chi connectivity index (χ4v) is 2.27. The number of carbonyl (C=O) groups is 1. The molecule has 0 aromatic heterocycles. The molecule has 0 amide bonds. The Bertz CT molecular complexity index is 709. The highest BCUT2D eigenvalue weighted by atomic mass is 35.5. The van der Waals surface area contributed by atoms with Crippen LogP contribution in [0.5, 0.6) is 0 Å². The minimum Gasteiger partial charge on any atom is -0.478 e. The maximum absolute atomic E-state index is 12.6. The molecule has 2 aromatic carbocycles. The van der Waals surface area contributed by atoms with Crippen LogP contribution in [0.1, 0.15) is 21.5 Å². The van der Waals surface area contributed by atoms with Crippen LogP contribution in [0.3, 0.4) is 0 Å². The molecule has 0 fully saturated rings. The van der Waals surface area contributed by atoms with Crippen molar-refractivity contribution in [1.29, 1.82) is 0 Å². The van der Waals surface area contributed by atoms with Gasteiger partial charge in [-0.1, -0.05) is 17.7 Å². The van der Waals surface area contributed by atoms with Gasteiger partial charge in [0.2, 0.25) is 0 Å². The van der Waals surface area contributed by atoms with Crippen LogP contribution in [0.25, 0.3) is 11.1 Å². The van der Waals surface area contributed by atoms with Crippen LogP contribution in [-0.4, -0.2) is 11.1 Å². The standard InChI is InChI=1S/C15H10ClF3O2/c1-8-4-11(15(17,18)19)2-3-13(8)9-5-10(14(20)21)7-12(16)6-9/h2-7H,1H3,(H,20,21). The first-order valence-corrected chi connectivity index (χ1v) is 6.28. The molecule has 0 saturated carbocycles. The SMILES string of the molecule is Cc1cc(C(F)(F)F)ccc1-c1cc(Cl)cc(C(=O)O)c1. The number of alkyl halides is 3. The monoisotopic (exact) mass is 314 g/mol. The number of aromatic carboxylic acids is 1. The molecule has 0 atom stereocenters. The Hall–Kier alpha value is -2.01. The Labute approximate surface area is 123 Å². The summed E-state index contributed by atoms with van der Waals surface area (Å²) in [6, 6.07) is 7.48. The van der Waals surface area contributed by atoms with Gasteiger partial charge in [-0.25, -0.2) is 4.79 Å². The molecule has 21 heavy (non-hydrogen) atoms. The number of hydrogen-bond acceptors (Lipinski definition) is 1. The van der Waals surface area contributed by atoms with Crippen LogP contribution in [0.15, 0.2) is 36.4 Å². The van der Waals surface area contributed by atoms with E-state index in [-0.39, 0.29) is 10.6 Å². The molecule has 2 aromatic rings. The Balaban J connectivity index is 2.55. The van der Waals surface area contributed by atoms with Crippen LogP contribution in [-0.2, 0) is 6.18 Å². The molecule has 1 N–H and O–H groups in total. The second-order valence-electron chi connectivity index (χ2n) is 4.56. The Morgan fingerprint density at radius 2 is 1.81 bits per heavy atom. The molecule has 0 heterocycles. The Morgan fingerprint density at radius 3 is 2.33 bits per heavy atom. The molecule has 2 rings (SSSR count). The maximum atomic E-state index is 12.6. The van der Waals surface area contributed by atoms with Crippen molar-refractivity contribution >= 4 is 17.6 Å². The van der Waals surface area contributed by atoms with Gasteiger partial charge in [-0.2, -0.15) is 13.2 Å². The molecule has 110 valence electrons. The highest BCUT2D eigenvalue weighted by Gasteiger charge is 2.30. The molecular weight excluding hydrogens is 305 g/mol. The predicted octanol–water partition coefficient (Wildman–Crippen LogP) is 5.03. The second-order valence-corrected chi connectivity index (χ2v) is 5.00. The van der Waals surface area contributed by atoms with E-state index in [4.69, 9.17) is 16.7 Å². The molecule has 0 radical (unpaired) electrons. The summed E-state index contributed by atoms with van der Waals surface area (Å²) in [6.07, 6.45) is -4.41. The highest BCUT2D eigenvalue weighted by molar-refractivity contribution is 6.31. The third-order valence-corrected chi connectivity index (χ3v) is 3.23. The van der Waals surface area contributed by atoms with Crippen LogP contribution < -0.4 is 0 Å². The average molecular weight is 315 g/mol. The zero-order chi connectivity index (χ0) is 15.8. The van der Waals surface area contributed by atoms with E-state index < -0.39 is 17.7 Å². The van der Waals surface area contributed by atoms with E-state index in [0.717, 1.165) is 12.1 Å². The van der Waals surface area contributed by atoms with Crippen LogP contribution in [0.4, 0.5) is 13.2 Å². The van der Waals surface area contributed by atoms with E-state index in [9.17, 15) is 18.0 Å². The lowest BCUT2D eigenvalue weighted by molar-refractivity contribution is -0.137. The predicted molar refractivity (Wildman–Crippen MR) is 73.6 cm³/mol. The summed E-state index contributed by atoms with van der Waals surface area (Å²) in [4.78, 5) is 11.0. The molecule has 0 bridgehead atoms. The van der Waals surface area contributed by atoms with Crippen molar-refractivity contribution in [3.05, 3.63) is 58.1 Å². The van der Waals surface area contributed by atoms with Gasteiger partial charge in [0.1, 0.15) is 0 Å². The molecule has 0 spiro atoms. The lowest BCUT2D eigenvalue weighted by Gasteiger charge is -2.12. The summed E-state index contributed by atoms with van der Waals surface area (Å²) in [5, 5.41) is 9.21. The first-order chi connectivity index (χ1) is 9.68. The van der Waals surface area contributed by atoms with E-state index in [1.54, 1.807) is 0 Å². The van der Waals surface area contributed by atoms with Gasteiger partial charge in [-0.15, -0.1) is 0 Å². The number of carboxylic acids is 1. The molecule has 0 unspecified atom stereocenters. The van der Waals surface area contributed by atoms with Crippen LogP contribution in [0.2, 0.25) is 5.02 Å². The molecule has 0 saturated heterocycles. The fourth-order valence-electron chi connectivity index (χ4n) is 2.03. The number of carboxylic acid groups (broad SMARTS) is 1. The van der Waals surface area contributed by atoms with Gasteiger partial charge < -0.3 is 5.11 Å². The summed E-state index contributed by atoms with van der Waals surface area (Å²) in [6.45, 7) is 1.53. The van der Waals surface area contributed by atoms with Crippen molar-refractivity contribution in [2.45, 2.75) is 13.1 Å². The summed E-state index contributed by atoms with van der Waals surface area (Å²) in [5.74, 6) is -1.15. The number of rotatable bonds is 2. The van der Waals surface area contributed by atoms with Crippen LogP contribution >= 0.6 is 11.6 Å². The third-order valence-electron chi connectivity index (χ3n) is 3.01. The van der Waals surface area contributed by atoms with E-state index in [1.807, 2.05) is 0 Å². The third kappa shape index (κ3) is 3.36. The van der Waals surface area contributed by atoms with Gasteiger partial charge >= 0.3 is 12.1 Å². The van der Waals surface area contributed by atoms with Gasteiger partial charge in [0, 0.05) is 5.02 Å². The molecule has 2 nitrogen and oxygen atoms in total. The van der Waals surface area contributed by atoms with E-state index >= 15 is 0 Å². The van der Waals surface area contributed by atoms with E-state index in [2.05, 4.69) is 0 Å². The minimum absolute atomic E-state index is 0.0169. The molecule has 0 aliphatic rings. The van der Waals surface area contributed by atoms with Gasteiger partial charge in [0.05, 0.1) is 11.1 Å². The molecule has 0 aliphatic heterocycles. The van der Waals surface area contributed by atoms with E-state index in [1.165, 1.54) is 31.2 Å². The number of aryl methyl sites for hydroxylation is 1. The number of benzene rings is 2. The first kappa shape index (κ1) is 15.4. The van der Waals surface area contributed by atoms with Gasteiger partial charge in [0.25, 0.3) is 0 Å².